The molecule has 9 heteroatoms. The maximum Gasteiger partial charge on any atom is 0.412 e. The Kier molecular flexibility index (Phi) is 9.17. The van der Waals surface area contributed by atoms with Crippen LogP contribution in [0, 0.1) is 11.8 Å². The number of carbonyl (C=O) groups is 3. The molecule has 0 spiro atoms. The van der Waals surface area contributed by atoms with E-state index in [1.54, 1.807) is 0 Å². The third-order valence-corrected chi connectivity index (χ3v) is 4.99. The number of Topliss-reactive ketones (excluding diaryl/α,β-unsaturated/α-hetero) is 2. The van der Waals surface area contributed by atoms with Crippen LogP contribution >= 0.6 is 0 Å². The molecule has 30 heavy (non-hydrogen) atoms. The number of alkyl halides is 3. The minimum absolute atomic E-state index is 0.305. The van der Waals surface area contributed by atoms with Gasteiger partial charge < -0.3 is 14.9 Å². The molecule has 0 bridgehead atoms. The van der Waals surface area contributed by atoms with Crippen molar-refractivity contribution in [1.82, 2.24) is 0 Å². The van der Waals surface area contributed by atoms with Crippen LogP contribution in [0.25, 0.3) is 0 Å². The van der Waals surface area contributed by atoms with Crippen molar-refractivity contribution >= 4 is 17.5 Å². The van der Waals surface area contributed by atoms with Crippen molar-refractivity contribution < 1.29 is 42.5 Å². The van der Waals surface area contributed by atoms with Crippen LogP contribution in [0.5, 0.6) is 0 Å². The Bertz CT molecular complexity index is 738. The van der Waals surface area contributed by atoms with E-state index in [2.05, 4.69) is 6.58 Å². The molecule has 0 saturated heterocycles. The van der Waals surface area contributed by atoms with Gasteiger partial charge in [0.05, 0.1) is 18.6 Å². The molecule has 0 fully saturated rings. The lowest BCUT2D eigenvalue weighted by molar-refractivity contribution is -0.155. The molecule has 1 aliphatic heterocycles. The Morgan fingerprint density at radius 2 is 1.83 bits per heavy atom. The van der Waals surface area contributed by atoms with Crippen LogP contribution in [0.2, 0.25) is 0 Å². The maximum absolute atomic E-state index is 13.3. The molecule has 0 aromatic heterocycles. The molecule has 5 atom stereocenters. The second-order valence-corrected chi connectivity index (χ2v) is 7.43. The first-order chi connectivity index (χ1) is 13.8. The van der Waals surface area contributed by atoms with E-state index in [1.807, 2.05) is 0 Å². The summed E-state index contributed by atoms with van der Waals surface area (Å²) in [6, 6.07) is 0. The molecule has 0 saturated carbocycles. The van der Waals surface area contributed by atoms with Crippen LogP contribution in [-0.2, 0) is 19.1 Å². The van der Waals surface area contributed by atoms with E-state index < -0.39 is 78.7 Å². The zero-order valence-corrected chi connectivity index (χ0v) is 17.1. The molecule has 1 rings (SSSR count). The highest BCUT2D eigenvalue weighted by atomic mass is 19.4. The fourth-order valence-electron chi connectivity index (χ4n) is 2.94. The first-order valence-corrected chi connectivity index (χ1v) is 9.47. The summed E-state index contributed by atoms with van der Waals surface area (Å²) in [4.78, 5) is 36.2. The van der Waals surface area contributed by atoms with Crippen LogP contribution < -0.4 is 0 Å². The van der Waals surface area contributed by atoms with Gasteiger partial charge in [0.1, 0.15) is 0 Å². The van der Waals surface area contributed by atoms with E-state index in [0.717, 1.165) is 13.0 Å². The van der Waals surface area contributed by atoms with Crippen LogP contribution in [0.1, 0.15) is 40.0 Å². The predicted octanol–water partition coefficient (Wildman–Crippen LogP) is 2.84. The number of allylic oxidation sites excluding steroid dienone is 2. The van der Waals surface area contributed by atoms with Crippen molar-refractivity contribution in [1.29, 1.82) is 0 Å². The van der Waals surface area contributed by atoms with Gasteiger partial charge in [0, 0.05) is 29.4 Å². The Hall–Kier alpha value is -2.26. The number of aliphatic hydroxyl groups excluding tert-OH is 2. The molecule has 6 nitrogen and oxygen atoms in total. The average molecular weight is 432 g/mol. The number of carbonyl (C=O) groups excluding carboxylic acids is 3. The van der Waals surface area contributed by atoms with Crippen LogP contribution in [0.4, 0.5) is 13.2 Å². The highest BCUT2D eigenvalue weighted by molar-refractivity contribution is 5.98. The van der Waals surface area contributed by atoms with E-state index in [4.69, 9.17) is 4.74 Å². The van der Waals surface area contributed by atoms with Crippen molar-refractivity contribution in [2.24, 2.45) is 11.8 Å². The second-order valence-electron chi connectivity index (χ2n) is 7.43. The van der Waals surface area contributed by atoms with E-state index in [9.17, 15) is 37.8 Å². The van der Waals surface area contributed by atoms with Crippen molar-refractivity contribution in [2.45, 2.75) is 64.5 Å². The van der Waals surface area contributed by atoms with E-state index in [1.165, 1.54) is 26.0 Å². The van der Waals surface area contributed by atoms with Crippen molar-refractivity contribution in [3.05, 3.63) is 36.0 Å². The van der Waals surface area contributed by atoms with Crippen LogP contribution in [0.3, 0.4) is 0 Å². The molecule has 0 radical (unpaired) electrons. The number of aliphatic hydroxyl groups is 2. The van der Waals surface area contributed by atoms with Gasteiger partial charge in [-0.3, -0.25) is 14.4 Å². The minimum Gasteiger partial charge on any atom is -0.454 e. The van der Waals surface area contributed by atoms with Gasteiger partial charge in [0.2, 0.25) is 0 Å². The van der Waals surface area contributed by atoms with Crippen LogP contribution in [0.15, 0.2) is 36.0 Å². The predicted molar refractivity (Wildman–Crippen MR) is 102 cm³/mol. The fourth-order valence-corrected chi connectivity index (χ4v) is 2.94. The standard InChI is InChI=1S/C21H27F3O6/c1-11-6-5-7-15(21(22,23)24)8-9-17(14(4)25)30-18(27)10-16(26)12(2)20(29)13(3)19(11)28/h5-6,8,11,13,16-17,19,26,28H,2,7,9-10H2,1,3-4H3/b6-5+,15-8+/t11-,13+,16-,17-,19-/m0/s1. The number of ketones is 2. The molecule has 2 N–H and O–H groups in total. The van der Waals surface area contributed by atoms with Gasteiger partial charge in [-0.2, -0.15) is 13.2 Å². The Morgan fingerprint density at radius 1 is 1.23 bits per heavy atom. The third-order valence-electron chi connectivity index (χ3n) is 4.99. The van der Waals surface area contributed by atoms with Crippen molar-refractivity contribution in [3.8, 4) is 0 Å². The summed E-state index contributed by atoms with van der Waals surface area (Å²) >= 11 is 0. The summed E-state index contributed by atoms with van der Waals surface area (Å²) in [5.74, 6) is -4.08. The smallest absolute Gasteiger partial charge is 0.412 e. The van der Waals surface area contributed by atoms with Gasteiger partial charge in [0.15, 0.2) is 17.7 Å². The zero-order chi connectivity index (χ0) is 23.2. The highest BCUT2D eigenvalue weighted by Crippen LogP contribution is 2.30. The molecule has 0 amide bonds. The molecule has 1 heterocycles. The van der Waals surface area contributed by atoms with Gasteiger partial charge in [-0.25, -0.2) is 0 Å². The molecule has 0 unspecified atom stereocenters. The van der Waals surface area contributed by atoms with Gasteiger partial charge in [0.25, 0.3) is 0 Å². The summed E-state index contributed by atoms with van der Waals surface area (Å²) < 4.78 is 44.8. The largest absolute Gasteiger partial charge is 0.454 e. The lowest BCUT2D eigenvalue weighted by Gasteiger charge is -2.24. The van der Waals surface area contributed by atoms with Crippen molar-refractivity contribution in [3.63, 3.8) is 0 Å². The van der Waals surface area contributed by atoms with Crippen LogP contribution in [-0.4, -0.2) is 52.2 Å². The summed E-state index contributed by atoms with van der Waals surface area (Å²) in [6.45, 7) is 7.48. The lowest BCUT2D eigenvalue weighted by Crippen LogP contribution is -2.35. The van der Waals surface area contributed by atoms with Gasteiger partial charge >= 0.3 is 12.1 Å². The summed E-state index contributed by atoms with van der Waals surface area (Å²) in [5.41, 5.74) is -1.24. The van der Waals surface area contributed by atoms with Gasteiger partial charge in [-0.05, 0) is 13.3 Å². The summed E-state index contributed by atoms with van der Waals surface area (Å²) in [6.07, 6.45) is -7.33. The molecule has 0 aliphatic carbocycles. The normalized spacial score (nSPS) is 33.4. The Balaban J connectivity index is 3.30. The van der Waals surface area contributed by atoms with E-state index >= 15 is 0 Å². The monoisotopic (exact) mass is 432 g/mol. The first-order valence-electron chi connectivity index (χ1n) is 9.47. The van der Waals surface area contributed by atoms with E-state index in [-0.39, 0.29) is 5.57 Å². The zero-order valence-electron chi connectivity index (χ0n) is 17.1. The summed E-state index contributed by atoms with van der Waals surface area (Å²) in [7, 11) is 0. The average Bonchev–Trinajstić information content (AvgIpc) is 2.64. The first kappa shape index (κ1) is 25.8. The third kappa shape index (κ3) is 7.21. The Morgan fingerprint density at radius 3 is 2.37 bits per heavy atom. The lowest BCUT2D eigenvalue weighted by atomic mass is 9.85. The topological polar surface area (TPSA) is 101 Å². The number of cyclic esters (lactones) is 1. The molecule has 168 valence electrons. The number of esters is 1. The molecule has 1 aliphatic rings. The van der Waals surface area contributed by atoms with Crippen molar-refractivity contribution in [2.75, 3.05) is 0 Å². The highest BCUT2D eigenvalue weighted by Gasteiger charge is 2.34. The summed E-state index contributed by atoms with van der Waals surface area (Å²) in [5, 5.41) is 20.5. The number of ether oxygens (including phenoxy) is 1. The maximum atomic E-state index is 13.3. The minimum atomic E-state index is -4.67. The van der Waals surface area contributed by atoms with Gasteiger partial charge in [-0.15, -0.1) is 0 Å². The molecule has 0 aromatic rings. The fraction of sp³-hybridized carbons (Fsp3) is 0.571. The second kappa shape index (κ2) is 10.7. The molecular formula is C21H27F3O6. The Labute approximate surface area is 173 Å². The molecular weight excluding hydrogens is 405 g/mol. The molecule has 0 aromatic carbocycles. The van der Waals surface area contributed by atoms with Gasteiger partial charge in [-0.1, -0.05) is 38.7 Å². The number of hydrogen-bond acceptors (Lipinski definition) is 6. The number of rotatable bonds is 1. The van der Waals surface area contributed by atoms with E-state index in [0.29, 0.717) is 0 Å². The number of hydrogen-bond donors (Lipinski definition) is 2. The number of halogens is 3. The quantitative estimate of drug-likeness (QED) is 0.375. The SMILES string of the molecule is C=C1C(=O)[C@H](C)[C@@H](O)[C@@H](C)/C=C/C/C(C(F)(F)F)=C\C[C@@H](C(C)=O)OC(=O)C[C@@H]1O.